The number of hydrogen-bond donors (Lipinski definition) is 1. The minimum Gasteiger partial charge on any atom is -0.286 e. The van der Waals surface area contributed by atoms with Crippen molar-refractivity contribution in [3.05, 3.63) is 23.7 Å². The van der Waals surface area contributed by atoms with Crippen molar-refractivity contribution in [1.29, 1.82) is 0 Å². The molecule has 2 heterocycles. The molecule has 0 radical (unpaired) electrons. The molecule has 2 nitrogen and oxygen atoms in total. The molecule has 0 unspecified atom stereocenters. The molecule has 1 N–H and O–H groups in total. The highest BCUT2D eigenvalue weighted by molar-refractivity contribution is 7.13. The second-order valence-electron chi connectivity index (χ2n) is 4.39. The standard InChI is InChI=1S/C10H14N2SSi/c1-14(2,3)10-8(7-11-12-10)9-5-4-6-13-9/h4-7H,1-3H3,(H,11,12). The van der Waals surface area contributed by atoms with Gasteiger partial charge in [0.05, 0.1) is 6.20 Å². The Morgan fingerprint density at radius 3 is 2.71 bits per heavy atom. The fourth-order valence-corrected chi connectivity index (χ4v) is 3.72. The Bertz CT molecular complexity index is 412. The van der Waals surface area contributed by atoms with E-state index in [9.17, 15) is 0 Å². The van der Waals surface area contributed by atoms with Crippen molar-refractivity contribution in [2.24, 2.45) is 0 Å². The van der Waals surface area contributed by atoms with Gasteiger partial charge in [0.1, 0.15) is 8.07 Å². The molecule has 0 aliphatic carbocycles. The van der Waals surface area contributed by atoms with Gasteiger partial charge >= 0.3 is 0 Å². The van der Waals surface area contributed by atoms with E-state index in [0.29, 0.717) is 0 Å². The predicted octanol–water partition coefficient (Wildman–Crippen LogP) is 2.68. The van der Waals surface area contributed by atoms with Crippen LogP contribution in [-0.4, -0.2) is 18.3 Å². The summed E-state index contributed by atoms with van der Waals surface area (Å²) in [6.07, 6.45) is 1.94. The van der Waals surface area contributed by atoms with Crippen molar-refractivity contribution in [2.75, 3.05) is 0 Å². The van der Waals surface area contributed by atoms with Crippen molar-refractivity contribution in [3.8, 4) is 10.4 Å². The maximum atomic E-state index is 4.16. The van der Waals surface area contributed by atoms with E-state index < -0.39 is 8.07 Å². The zero-order chi connectivity index (χ0) is 10.2. The summed E-state index contributed by atoms with van der Waals surface area (Å²) in [5.41, 5.74) is 1.29. The fraction of sp³-hybridized carbons (Fsp3) is 0.300. The third kappa shape index (κ3) is 1.67. The average Bonchev–Trinajstić information content (AvgIpc) is 2.73. The van der Waals surface area contributed by atoms with Gasteiger partial charge in [-0.1, -0.05) is 25.7 Å². The Balaban J connectivity index is 2.51. The van der Waals surface area contributed by atoms with Crippen molar-refractivity contribution in [2.45, 2.75) is 19.6 Å². The molecule has 0 aliphatic rings. The van der Waals surface area contributed by atoms with Crippen molar-refractivity contribution in [1.82, 2.24) is 10.2 Å². The van der Waals surface area contributed by atoms with E-state index in [1.54, 1.807) is 11.3 Å². The monoisotopic (exact) mass is 222 g/mol. The van der Waals surface area contributed by atoms with E-state index in [1.165, 1.54) is 15.8 Å². The first-order valence-electron chi connectivity index (χ1n) is 4.67. The second-order valence-corrected chi connectivity index (χ2v) is 10.3. The van der Waals surface area contributed by atoms with E-state index in [2.05, 4.69) is 47.4 Å². The highest BCUT2D eigenvalue weighted by atomic mass is 32.1. The van der Waals surface area contributed by atoms with Crippen molar-refractivity contribution in [3.63, 3.8) is 0 Å². The molecule has 2 aromatic rings. The van der Waals surface area contributed by atoms with Gasteiger partial charge in [-0.25, -0.2) is 0 Å². The summed E-state index contributed by atoms with van der Waals surface area (Å²) in [7, 11) is -1.29. The summed E-state index contributed by atoms with van der Waals surface area (Å²) in [5.74, 6) is 0. The van der Waals surface area contributed by atoms with Crippen LogP contribution in [0.5, 0.6) is 0 Å². The molecule has 14 heavy (non-hydrogen) atoms. The Kier molecular flexibility index (Phi) is 2.32. The number of hydrogen-bond acceptors (Lipinski definition) is 2. The van der Waals surface area contributed by atoms with Crippen LogP contribution in [-0.2, 0) is 0 Å². The molecule has 0 fully saturated rings. The van der Waals surface area contributed by atoms with Crippen LogP contribution < -0.4 is 5.32 Å². The maximum Gasteiger partial charge on any atom is 0.101 e. The Labute approximate surface area is 89.0 Å². The summed E-state index contributed by atoms with van der Waals surface area (Å²) in [6, 6.07) is 4.24. The lowest BCUT2D eigenvalue weighted by atomic mass is 10.3. The molecule has 0 bridgehead atoms. The molecule has 0 atom stereocenters. The molecular weight excluding hydrogens is 208 g/mol. The molecule has 2 aromatic heterocycles. The van der Waals surface area contributed by atoms with Gasteiger partial charge in [0.25, 0.3) is 0 Å². The number of aromatic nitrogens is 2. The average molecular weight is 222 g/mol. The van der Waals surface area contributed by atoms with E-state index >= 15 is 0 Å². The SMILES string of the molecule is C[Si](C)(C)c1[nH]ncc1-c1cccs1. The predicted molar refractivity (Wildman–Crippen MR) is 64.9 cm³/mol. The summed E-state index contributed by atoms with van der Waals surface area (Å²) in [5, 5.41) is 10.8. The molecular formula is C10H14N2SSi. The molecule has 0 saturated carbocycles. The lowest BCUT2D eigenvalue weighted by molar-refractivity contribution is 1.11. The number of thiophene rings is 1. The summed E-state index contributed by atoms with van der Waals surface area (Å²) >= 11 is 1.77. The van der Waals surface area contributed by atoms with E-state index in [-0.39, 0.29) is 0 Å². The number of H-pyrrole nitrogens is 1. The number of nitrogens with one attached hydrogen (secondary N) is 1. The topological polar surface area (TPSA) is 28.7 Å². The third-order valence-electron chi connectivity index (χ3n) is 2.18. The number of rotatable bonds is 2. The summed E-state index contributed by atoms with van der Waals surface area (Å²) in [4.78, 5) is 1.32. The van der Waals surface area contributed by atoms with Gasteiger partial charge in [-0.2, -0.15) is 5.10 Å². The van der Waals surface area contributed by atoms with Gasteiger partial charge in [0.2, 0.25) is 0 Å². The van der Waals surface area contributed by atoms with Crippen LogP contribution in [0.15, 0.2) is 23.7 Å². The van der Waals surface area contributed by atoms with Crippen LogP contribution in [0.4, 0.5) is 0 Å². The zero-order valence-corrected chi connectivity index (χ0v) is 10.5. The van der Waals surface area contributed by atoms with Gasteiger partial charge in [-0.15, -0.1) is 11.3 Å². The van der Waals surface area contributed by atoms with Crippen LogP contribution in [0, 0.1) is 0 Å². The fourth-order valence-electron chi connectivity index (χ4n) is 1.48. The molecule has 4 heteroatoms. The van der Waals surface area contributed by atoms with Crippen molar-refractivity contribution < 1.29 is 0 Å². The number of nitrogens with zero attached hydrogens (tertiary/aromatic N) is 1. The summed E-state index contributed by atoms with van der Waals surface area (Å²) < 4.78 is 0. The van der Waals surface area contributed by atoms with Gasteiger partial charge in [-0.3, -0.25) is 5.10 Å². The second kappa shape index (κ2) is 3.36. The molecule has 0 spiro atoms. The molecule has 0 aliphatic heterocycles. The highest BCUT2D eigenvalue weighted by Gasteiger charge is 2.23. The largest absolute Gasteiger partial charge is 0.286 e. The van der Waals surface area contributed by atoms with E-state index in [1.807, 2.05) is 6.20 Å². The first-order chi connectivity index (χ1) is 6.59. The van der Waals surface area contributed by atoms with Crippen LogP contribution in [0.1, 0.15) is 0 Å². The Hall–Kier alpha value is -0.873. The van der Waals surface area contributed by atoms with Gasteiger partial charge in [0, 0.05) is 15.8 Å². The van der Waals surface area contributed by atoms with Crippen LogP contribution >= 0.6 is 11.3 Å². The third-order valence-corrected chi connectivity index (χ3v) is 4.96. The van der Waals surface area contributed by atoms with E-state index in [4.69, 9.17) is 0 Å². The lowest BCUT2D eigenvalue weighted by Gasteiger charge is -2.15. The Morgan fingerprint density at radius 2 is 2.14 bits per heavy atom. The van der Waals surface area contributed by atoms with Crippen LogP contribution in [0.3, 0.4) is 0 Å². The first-order valence-corrected chi connectivity index (χ1v) is 9.05. The number of aromatic amines is 1. The van der Waals surface area contributed by atoms with Crippen LogP contribution in [0.25, 0.3) is 10.4 Å². The summed E-state index contributed by atoms with van der Waals surface area (Å²) in [6.45, 7) is 6.99. The normalized spacial score (nSPS) is 11.9. The van der Waals surface area contributed by atoms with Gasteiger partial charge < -0.3 is 0 Å². The van der Waals surface area contributed by atoms with Gasteiger partial charge in [-0.05, 0) is 11.4 Å². The zero-order valence-electron chi connectivity index (χ0n) is 8.66. The van der Waals surface area contributed by atoms with Crippen LogP contribution in [0.2, 0.25) is 19.6 Å². The first kappa shape index (κ1) is 9.67. The molecule has 0 aromatic carbocycles. The lowest BCUT2D eigenvalue weighted by Crippen LogP contribution is -2.39. The smallest absolute Gasteiger partial charge is 0.101 e. The molecule has 74 valence electrons. The highest BCUT2D eigenvalue weighted by Crippen LogP contribution is 2.23. The van der Waals surface area contributed by atoms with Crippen molar-refractivity contribution >= 4 is 24.7 Å². The quantitative estimate of drug-likeness (QED) is 0.778. The van der Waals surface area contributed by atoms with Gasteiger partial charge in [0.15, 0.2) is 0 Å². The molecule has 0 saturated heterocycles. The molecule has 0 amide bonds. The maximum absolute atomic E-state index is 4.16. The minimum absolute atomic E-state index is 1.29. The molecule has 2 rings (SSSR count). The Morgan fingerprint density at radius 1 is 1.36 bits per heavy atom. The van der Waals surface area contributed by atoms with E-state index in [0.717, 1.165) is 0 Å². The minimum atomic E-state index is -1.29.